The van der Waals surface area contributed by atoms with Crippen LogP contribution in [0.5, 0.6) is 0 Å². The van der Waals surface area contributed by atoms with Crippen LogP contribution in [0.4, 0.5) is 8.78 Å². The van der Waals surface area contributed by atoms with Gasteiger partial charge in [0.1, 0.15) is 17.5 Å². The highest BCUT2D eigenvalue weighted by Crippen LogP contribution is 2.27. The molecule has 2 aromatic heterocycles. The van der Waals surface area contributed by atoms with Crippen LogP contribution in [0.25, 0.3) is 22.4 Å². The lowest BCUT2D eigenvalue weighted by Crippen LogP contribution is -2.31. The van der Waals surface area contributed by atoms with E-state index in [1.165, 1.54) is 12.3 Å². The Morgan fingerprint density at radius 3 is 2.49 bits per heavy atom. The number of amides is 1. The van der Waals surface area contributed by atoms with E-state index in [1.54, 1.807) is 0 Å². The molecule has 0 fully saturated rings. The molecule has 176 valence electrons. The fourth-order valence-corrected chi connectivity index (χ4v) is 3.97. The average molecular weight is 472 g/mol. The summed E-state index contributed by atoms with van der Waals surface area (Å²) in [7, 11) is 0. The maximum absolute atomic E-state index is 14.0. The number of rotatable bonds is 8. The Hall–Kier alpha value is -4.33. The van der Waals surface area contributed by atoms with Crippen LogP contribution in [0.15, 0.2) is 83.4 Å². The normalized spacial score (nSPS) is 12.1. The Labute approximate surface area is 200 Å². The Kier molecular flexibility index (Phi) is 6.34. The molecule has 5 rings (SSSR count). The van der Waals surface area contributed by atoms with Crippen LogP contribution >= 0.6 is 0 Å². The molecule has 0 bridgehead atoms. The van der Waals surface area contributed by atoms with Gasteiger partial charge in [-0.2, -0.15) is 0 Å². The van der Waals surface area contributed by atoms with Crippen molar-refractivity contribution < 1.29 is 18.0 Å². The van der Waals surface area contributed by atoms with Crippen molar-refractivity contribution >= 4 is 16.9 Å². The zero-order chi connectivity index (χ0) is 24.2. The van der Waals surface area contributed by atoms with Crippen molar-refractivity contribution in [3.05, 3.63) is 108 Å². The number of oxazole rings is 1. The zero-order valence-electron chi connectivity index (χ0n) is 18.7. The van der Waals surface area contributed by atoms with Crippen molar-refractivity contribution in [1.29, 1.82) is 0 Å². The van der Waals surface area contributed by atoms with Gasteiger partial charge in [-0.15, -0.1) is 0 Å². The molecule has 0 aliphatic rings. The van der Waals surface area contributed by atoms with Crippen LogP contribution in [0.1, 0.15) is 29.7 Å². The first-order valence-corrected chi connectivity index (χ1v) is 11.2. The summed E-state index contributed by atoms with van der Waals surface area (Å²) >= 11 is 0. The number of aryl methyl sites for hydroxylation is 1. The van der Waals surface area contributed by atoms with Gasteiger partial charge in [0.2, 0.25) is 5.91 Å². The molecule has 0 aliphatic carbocycles. The maximum Gasteiger partial charge on any atom is 0.221 e. The topological polar surface area (TPSA) is 83.8 Å². The molecule has 5 aromatic rings. The number of fused-ring (bicyclic) bond motifs is 1. The summed E-state index contributed by atoms with van der Waals surface area (Å²) in [6, 6.07) is 20.7. The molecule has 3 aromatic carbocycles. The number of aromatic nitrogens is 3. The predicted octanol–water partition coefficient (Wildman–Crippen LogP) is 5.53. The number of hydrogen-bond acceptors (Lipinski definition) is 4. The summed E-state index contributed by atoms with van der Waals surface area (Å²) in [5.41, 5.74) is 2.50. The second-order valence-corrected chi connectivity index (χ2v) is 8.16. The van der Waals surface area contributed by atoms with E-state index < -0.39 is 11.6 Å². The number of nitrogens with zero attached hydrogens (tertiary/aromatic N) is 2. The molecule has 2 heterocycles. The minimum absolute atomic E-state index is 0.0137. The summed E-state index contributed by atoms with van der Waals surface area (Å²) in [6.45, 7) is 0. The third kappa shape index (κ3) is 5.11. The molecule has 0 saturated heterocycles. The number of imidazole rings is 1. The number of para-hydroxylation sites is 2. The van der Waals surface area contributed by atoms with Gasteiger partial charge < -0.3 is 14.7 Å². The summed E-state index contributed by atoms with van der Waals surface area (Å²) in [4.78, 5) is 24.9. The van der Waals surface area contributed by atoms with Gasteiger partial charge in [0, 0.05) is 12.8 Å². The van der Waals surface area contributed by atoms with Gasteiger partial charge in [0.25, 0.3) is 0 Å². The molecule has 0 saturated carbocycles. The molecule has 1 atom stereocenters. The SMILES string of the molecule is O=C(CCc1ncc(-c2c(F)cccc2F)o1)N[C@@H](Cc1ccccc1)c1nc2ccccc2[nH]1. The number of H-pyrrole nitrogens is 1. The van der Waals surface area contributed by atoms with E-state index >= 15 is 0 Å². The number of carbonyl (C=O) groups is 1. The van der Waals surface area contributed by atoms with E-state index in [1.807, 2.05) is 54.6 Å². The fraction of sp³-hybridized carbons (Fsp3) is 0.148. The largest absolute Gasteiger partial charge is 0.441 e. The van der Waals surface area contributed by atoms with Crippen molar-refractivity contribution in [2.75, 3.05) is 0 Å². The zero-order valence-corrected chi connectivity index (χ0v) is 18.7. The van der Waals surface area contributed by atoms with Gasteiger partial charge in [0.15, 0.2) is 11.7 Å². The summed E-state index contributed by atoms with van der Waals surface area (Å²) in [5, 5.41) is 3.05. The summed E-state index contributed by atoms with van der Waals surface area (Å²) < 4.78 is 33.6. The quantitative estimate of drug-likeness (QED) is 0.311. The summed E-state index contributed by atoms with van der Waals surface area (Å²) in [5.74, 6) is -0.818. The second-order valence-electron chi connectivity index (χ2n) is 8.16. The van der Waals surface area contributed by atoms with Gasteiger partial charge in [-0.25, -0.2) is 18.7 Å². The van der Waals surface area contributed by atoms with Crippen LogP contribution in [0, 0.1) is 11.6 Å². The number of carbonyl (C=O) groups excluding carboxylic acids is 1. The number of nitrogens with one attached hydrogen (secondary N) is 2. The van der Waals surface area contributed by atoms with Crippen molar-refractivity contribution in [1.82, 2.24) is 20.3 Å². The first-order valence-electron chi connectivity index (χ1n) is 11.2. The smallest absolute Gasteiger partial charge is 0.221 e. The number of halogens is 2. The maximum atomic E-state index is 14.0. The number of benzene rings is 3. The molecule has 8 heteroatoms. The molecular weight excluding hydrogens is 450 g/mol. The van der Waals surface area contributed by atoms with Gasteiger partial charge in [-0.05, 0) is 36.2 Å². The first kappa shape index (κ1) is 22.5. The van der Waals surface area contributed by atoms with Crippen LogP contribution in [0.2, 0.25) is 0 Å². The van der Waals surface area contributed by atoms with E-state index in [0.29, 0.717) is 12.2 Å². The Bertz CT molecular complexity index is 1410. The van der Waals surface area contributed by atoms with Gasteiger partial charge in [0.05, 0.1) is 28.8 Å². The highest BCUT2D eigenvalue weighted by Gasteiger charge is 2.20. The van der Waals surface area contributed by atoms with Crippen LogP contribution in [-0.4, -0.2) is 20.9 Å². The highest BCUT2D eigenvalue weighted by atomic mass is 19.1. The van der Waals surface area contributed by atoms with E-state index in [4.69, 9.17) is 4.42 Å². The lowest BCUT2D eigenvalue weighted by molar-refractivity contribution is -0.121. The minimum Gasteiger partial charge on any atom is -0.441 e. The lowest BCUT2D eigenvalue weighted by Gasteiger charge is -2.17. The first-order chi connectivity index (χ1) is 17.1. The fourth-order valence-electron chi connectivity index (χ4n) is 3.97. The van der Waals surface area contributed by atoms with Gasteiger partial charge >= 0.3 is 0 Å². The molecule has 0 radical (unpaired) electrons. The molecule has 35 heavy (non-hydrogen) atoms. The molecular formula is C27H22F2N4O2. The average Bonchev–Trinajstić information content (AvgIpc) is 3.50. The predicted molar refractivity (Wildman–Crippen MR) is 127 cm³/mol. The van der Waals surface area contributed by atoms with Crippen LogP contribution in [-0.2, 0) is 17.6 Å². The van der Waals surface area contributed by atoms with Crippen molar-refractivity contribution in [3.8, 4) is 11.3 Å². The minimum atomic E-state index is -0.736. The van der Waals surface area contributed by atoms with Gasteiger partial charge in [-0.3, -0.25) is 4.79 Å². The molecule has 0 spiro atoms. The Morgan fingerprint density at radius 1 is 0.971 bits per heavy atom. The number of hydrogen-bond donors (Lipinski definition) is 2. The second kappa shape index (κ2) is 9.89. The van der Waals surface area contributed by atoms with Crippen LogP contribution in [0.3, 0.4) is 0 Å². The Balaban J connectivity index is 1.29. The van der Waals surface area contributed by atoms with E-state index in [2.05, 4.69) is 20.3 Å². The highest BCUT2D eigenvalue weighted by molar-refractivity contribution is 5.77. The van der Waals surface area contributed by atoms with Crippen molar-refractivity contribution in [2.24, 2.45) is 0 Å². The van der Waals surface area contributed by atoms with Crippen molar-refractivity contribution in [3.63, 3.8) is 0 Å². The lowest BCUT2D eigenvalue weighted by atomic mass is 10.1. The van der Waals surface area contributed by atoms with E-state index in [9.17, 15) is 13.6 Å². The van der Waals surface area contributed by atoms with E-state index in [0.717, 1.165) is 28.7 Å². The van der Waals surface area contributed by atoms with Crippen LogP contribution < -0.4 is 5.32 Å². The van der Waals surface area contributed by atoms with Crippen molar-refractivity contribution in [2.45, 2.75) is 25.3 Å². The summed E-state index contributed by atoms with van der Waals surface area (Å²) in [6.07, 6.45) is 2.09. The third-order valence-corrected chi connectivity index (χ3v) is 5.68. The third-order valence-electron chi connectivity index (χ3n) is 5.68. The molecule has 0 aliphatic heterocycles. The number of aromatic amines is 1. The van der Waals surface area contributed by atoms with E-state index in [-0.39, 0.29) is 42.0 Å². The molecule has 1 amide bonds. The van der Waals surface area contributed by atoms with Gasteiger partial charge in [-0.1, -0.05) is 48.5 Å². The molecule has 0 unspecified atom stereocenters. The Morgan fingerprint density at radius 2 is 1.71 bits per heavy atom. The molecule has 6 nitrogen and oxygen atoms in total. The molecule has 2 N–H and O–H groups in total. The standard InChI is InChI=1S/C27H22F2N4O2/c28-18-9-6-10-19(29)26(18)23-16-30-25(35-23)14-13-24(34)31-22(15-17-7-2-1-3-8-17)27-32-20-11-4-5-12-21(20)33-27/h1-12,16,22H,13-15H2,(H,31,34)(H,32,33)/t22-/m0/s1. The monoisotopic (exact) mass is 472 g/mol.